The van der Waals surface area contributed by atoms with E-state index in [2.05, 4.69) is 10.2 Å². The number of nitrogens with zero attached hydrogens (tertiary/aromatic N) is 2. The first-order valence-corrected chi connectivity index (χ1v) is 4.52. The van der Waals surface area contributed by atoms with E-state index in [1.54, 1.807) is 0 Å². The Morgan fingerprint density at radius 1 is 1.31 bits per heavy atom. The lowest BCUT2D eigenvalue weighted by molar-refractivity contribution is -0.117. The minimum atomic E-state index is -0.547. The molecule has 0 saturated heterocycles. The number of aromatic nitrogens is 2. The molecule has 5 nitrogen and oxygen atoms in total. The summed E-state index contributed by atoms with van der Waals surface area (Å²) in [5, 5.41) is 7.37. The van der Waals surface area contributed by atoms with Crippen LogP contribution in [0.2, 0.25) is 0 Å². The van der Waals surface area contributed by atoms with E-state index in [1.165, 1.54) is 24.3 Å². The molecule has 1 aromatic carbocycles. The van der Waals surface area contributed by atoms with E-state index in [9.17, 15) is 9.18 Å². The van der Waals surface area contributed by atoms with Crippen LogP contribution in [0.5, 0.6) is 0 Å². The summed E-state index contributed by atoms with van der Waals surface area (Å²) < 4.78 is 17.8. The maximum Gasteiger partial charge on any atom is 0.247 e. The van der Waals surface area contributed by atoms with Crippen LogP contribution in [0.3, 0.4) is 0 Å². The van der Waals surface area contributed by atoms with Gasteiger partial charge in [0.2, 0.25) is 17.7 Å². The number of rotatable bonds is 3. The molecule has 0 spiro atoms. The number of hydrogen-bond donors (Lipinski definition) is 1. The molecule has 1 aromatic heterocycles. The molecule has 1 amide bonds. The highest BCUT2D eigenvalue weighted by molar-refractivity contribution is 5.75. The first kappa shape index (κ1) is 10.3. The van der Waals surface area contributed by atoms with Crippen molar-refractivity contribution in [3.8, 4) is 11.5 Å². The van der Waals surface area contributed by atoms with Crippen LogP contribution in [0.25, 0.3) is 11.5 Å². The second-order valence-electron chi connectivity index (χ2n) is 3.15. The second kappa shape index (κ2) is 4.09. The molecule has 0 aliphatic carbocycles. The third-order valence-electron chi connectivity index (χ3n) is 1.88. The number of amides is 1. The monoisotopic (exact) mass is 221 g/mol. The Hall–Kier alpha value is -2.24. The topological polar surface area (TPSA) is 82.0 Å². The van der Waals surface area contributed by atoms with Gasteiger partial charge < -0.3 is 10.2 Å². The average Bonchev–Trinajstić information content (AvgIpc) is 2.66. The molecule has 1 heterocycles. The predicted molar refractivity (Wildman–Crippen MR) is 52.6 cm³/mol. The molecular formula is C10H8FN3O2. The molecule has 0 atom stereocenters. The molecule has 0 saturated carbocycles. The zero-order chi connectivity index (χ0) is 11.5. The Labute approximate surface area is 90.1 Å². The van der Waals surface area contributed by atoms with Gasteiger partial charge in [-0.3, -0.25) is 4.79 Å². The summed E-state index contributed by atoms with van der Waals surface area (Å²) >= 11 is 0. The van der Waals surface area contributed by atoms with Gasteiger partial charge in [0.25, 0.3) is 0 Å². The fourth-order valence-corrected chi connectivity index (χ4v) is 1.18. The van der Waals surface area contributed by atoms with Gasteiger partial charge >= 0.3 is 0 Å². The van der Waals surface area contributed by atoms with Crippen molar-refractivity contribution in [2.24, 2.45) is 5.73 Å². The summed E-state index contributed by atoms with van der Waals surface area (Å²) in [6.45, 7) is 0. The number of hydrogen-bond acceptors (Lipinski definition) is 4. The molecule has 16 heavy (non-hydrogen) atoms. The number of carbonyl (C=O) groups excluding carboxylic acids is 1. The SMILES string of the molecule is NC(=O)Cc1nnc(-c2ccc(F)cc2)o1. The highest BCUT2D eigenvalue weighted by Gasteiger charge is 2.10. The maximum absolute atomic E-state index is 12.7. The molecule has 0 aliphatic heterocycles. The van der Waals surface area contributed by atoms with Crippen LogP contribution in [-0.2, 0) is 11.2 Å². The first-order chi connectivity index (χ1) is 7.65. The Balaban J connectivity index is 2.24. The summed E-state index contributed by atoms with van der Waals surface area (Å²) in [7, 11) is 0. The summed E-state index contributed by atoms with van der Waals surface area (Å²) in [6, 6.07) is 5.59. The van der Waals surface area contributed by atoms with Gasteiger partial charge in [-0.25, -0.2) is 4.39 Å². The summed E-state index contributed by atoms with van der Waals surface area (Å²) in [6.07, 6.45) is -0.103. The molecular weight excluding hydrogens is 213 g/mol. The molecule has 0 fully saturated rings. The van der Waals surface area contributed by atoms with Gasteiger partial charge in [-0.05, 0) is 24.3 Å². The standard InChI is InChI=1S/C10H8FN3O2/c11-7-3-1-6(2-4-7)10-14-13-9(16-10)5-8(12)15/h1-4H,5H2,(H2,12,15). The van der Waals surface area contributed by atoms with Gasteiger partial charge in [0.15, 0.2) is 0 Å². The van der Waals surface area contributed by atoms with Crippen LogP contribution in [0.15, 0.2) is 28.7 Å². The number of primary amides is 1. The fraction of sp³-hybridized carbons (Fsp3) is 0.100. The van der Waals surface area contributed by atoms with Crippen molar-refractivity contribution >= 4 is 5.91 Å². The molecule has 0 radical (unpaired) electrons. The van der Waals surface area contributed by atoms with Crippen LogP contribution >= 0.6 is 0 Å². The van der Waals surface area contributed by atoms with Crippen LogP contribution in [0, 0.1) is 5.82 Å². The zero-order valence-electron chi connectivity index (χ0n) is 8.18. The van der Waals surface area contributed by atoms with Crippen molar-refractivity contribution in [3.05, 3.63) is 36.0 Å². The van der Waals surface area contributed by atoms with Crippen molar-refractivity contribution in [1.29, 1.82) is 0 Å². The third kappa shape index (κ3) is 2.22. The van der Waals surface area contributed by atoms with E-state index >= 15 is 0 Å². The summed E-state index contributed by atoms with van der Waals surface area (Å²) in [5.41, 5.74) is 5.56. The zero-order valence-corrected chi connectivity index (χ0v) is 8.18. The Bertz CT molecular complexity index is 507. The Kier molecular flexibility index (Phi) is 2.63. The van der Waals surface area contributed by atoms with Crippen LogP contribution in [0.1, 0.15) is 5.89 Å². The van der Waals surface area contributed by atoms with Crippen molar-refractivity contribution in [3.63, 3.8) is 0 Å². The quantitative estimate of drug-likeness (QED) is 0.834. The van der Waals surface area contributed by atoms with Gasteiger partial charge in [0.05, 0.1) is 0 Å². The first-order valence-electron chi connectivity index (χ1n) is 4.52. The highest BCUT2D eigenvalue weighted by atomic mass is 19.1. The van der Waals surface area contributed by atoms with Crippen molar-refractivity contribution in [2.75, 3.05) is 0 Å². The van der Waals surface area contributed by atoms with Crippen molar-refractivity contribution in [2.45, 2.75) is 6.42 Å². The number of benzene rings is 1. The molecule has 0 aliphatic rings. The molecule has 2 aromatic rings. The van der Waals surface area contributed by atoms with Crippen LogP contribution in [0.4, 0.5) is 4.39 Å². The molecule has 2 N–H and O–H groups in total. The Morgan fingerprint density at radius 2 is 2.00 bits per heavy atom. The highest BCUT2D eigenvalue weighted by Crippen LogP contribution is 2.17. The number of halogens is 1. The van der Waals surface area contributed by atoms with Gasteiger partial charge in [-0.1, -0.05) is 0 Å². The van der Waals surface area contributed by atoms with Gasteiger partial charge in [-0.2, -0.15) is 0 Å². The maximum atomic E-state index is 12.7. The predicted octanol–water partition coefficient (Wildman–Crippen LogP) is 0.903. The summed E-state index contributed by atoms with van der Waals surface area (Å²) in [5.74, 6) is -0.516. The Morgan fingerprint density at radius 3 is 2.62 bits per heavy atom. The molecule has 2 rings (SSSR count). The average molecular weight is 221 g/mol. The molecule has 0 bridgehead atoms. The lowest BCUT2D eigenvalue weighted by Gasteiger charge is -1.93. The van der Waals surface area contributed by atoms with E-state index in [-0.39, 0.29) is 24.0 Å². The van der Waals surface area contributed by atoms with E-state index in [0.717, 1.165) is 0 Å². The normalized spacial score (nSPS) is 10.3. The van der Waals surface area contributed by atoms with Gasteiger partial charge in [0.1, 0.15) is 12.2 Å². The largest absolute Gasteiger partial charge is 0.420 e. The third-order valence-corrected chi connectivity index (χ3v) is 1.88. The van der Waals surface area contributed by atoms with E-state index in [4.69, 9.17) is 10.2 Å². The second-order valence-corrected chi connectivity index (χ2v) is 3.15. The van der Waals surface area contributed by atoms with E-state index < -0.39 is 5.91 Å². The lowest BCUT2D eigenvalue weighted by atomic mass is 10.2. The van der Waals surface area contributed by atoms with Crippen LogP contribution in [-0.4, -0.2) is 16.1 Å². The molecule has 6 heteroatoms. The molecule has 0 unspecified atom stereocenters. The van der Waals surface area contributed by atoms with Gasteiger partial charge in [-0.15, -0.1) is 10.2 Å². The fourth-order valence-electron chi connectivity index (χ4n) is 1.18. The molecule has 82 valence electrons. The van der Waals surface area contributed by atoms with Crippen LogP contribution < -0.4 is 5.73 Å². The van der Waals surface area contributed by atoms with E-state index in [1.807, 2.05) is 0 Å². The minimum Gasteiger partial charge on any atom is -0.420 e. The summed E-state index contributed by atoms with van der Waals surface area (Å²) in [4.78, 5) is 10.6. The van der Waals surface area contributed by atoms with E-state index in [0.29, 0.717) is 5.56 Å². The minimum absolute atomic E-state index is 0.103. The number of carbonyl (C=O) groups is 1. The number of nitrogens with two attached hydrogens (primary N) is 1. The smallest absolute Gasteiger partial charge is 0.247 e. The van der Waals surface area contributed by atoms with Crippen molar-refractivity contribution in [1.82, 2.24) is 10.2 Å². The lowest BCUT2D eigenvalue weighted by Crippen LogP contribution is -2.13. The van der Waals surface area contributed by atoms with Crippen molar-refractivity contribution < 1.29 is 13.6 Å². The van der Waals surface area contributed by atoms with Gasteiger partial charge in [0, 0.05) is 5.56 Å².